The number of hydrogen-bond acceptors (Lipinski definition) is 4. The van der Waals surface area contributed by atoms with Crippen LogP contribution in [0.2, 0.25) is 5.02 Å². The molecule has 0 bridgehead atoms. The highest BCUT2D eigenvalue weighted by Crippen LogP contribution is 2.25. The molecule has 1 saturated heterocycles. The summed E-state index contributed by atoms with van der Waals surface area (Å²) in [5.41, 5.74) is 0.726. The van der Waals surface area contributed by atoms with E-state index in [9.17, 15) is 14.9 Å². The summed E-state index contributed by atoms with van der Waals surface area (Å²) in [6.45, 7) is 2.07. The Balaban J connectivity index is 2.08. The molecule has 5 nitrogen and oxygen atoms in total. The fraction of sp³-hybridized carbons (Fsp3) is 0.462. The number of nitro groups is 1. The Labute approximate surface area is 116 Å². The largest absolute Gasteiger partial charge is 0.303 e. The van der Waals surface area contributed by atoms with E-state index in [1.165, 1.54) is 12.1 Å². The van der Waals surface area contributed by atoms with Crippen LogP contribution in [-0.2, 0) is 11.3 Å². The fourth-order valence-corrected chi connectivity index (χ4v) is 2.54. The molecule has 0 unspecified atom stereocenters. The van der Waals surface area contributed by atoms with Crippen LogP contribution >= 0.6 is 11.6 Å². The lowest BCUT2D eigenvalue weighted by Crippen LogP contribution is -2.33. The standard InChI is InChI=1S/C13H15ClN2O3/c14-12-1-2-13(16(18)19)11(7-12)8-15-5-3-10(9-17)4-6-15/h1-2,7,9-10H,3-6,8H2. The summed E-state index contributed by atoms with van der Waals surface area (Å²) in [6, 6.07) is 4.61. The fourth-order valence-electron chi connectivity index (χ4n) is 2.35. The minimum absolute atomic E-state index is 0.0990. The number of carbonyl (C=O) groups is 1. The monoisotopic (exact) mass is 282 g/mol. The van der Waals surface area contributed by atoms with Crippen LogP contribution in [0.5, 0.6) is 0 Å². The zero-order valence-electron chi connectivity index (χ0n) is 10.4. The third-order valence-corrected chi connectivity index (χ3v) is 3.69. The molecule has 6 heteroatoms. The van der Waals surface area contributed by atoms with Crippen molar-refractivity contribution in [3.05, 3.63) is 38.9 Å². The summed E-state index contributed by atoms with van der Waals surface area (Å²) >= 11 is 5.90. The summed E-state index contributed by atoms with van der Waals surface area (Å²) in [5.74, 6) is 0.130. The quantitative estimate of drug-likeness (QED) is 0.484. The first-order valence-corrected chi connectivity index (χ1v) is 6.58. The van der Waals surface area contributed by atoms with E-state index in [4.69, 9.17) is 11.6 Å². The number of nitrogens with zero attached hydrogens (tertiary/aromatic N) is 2. The van der Waals surface area contributed by atoms with Crippen molar-refractivity contribution in [2.75, 3.05) is 13.1 Å². The van der Waals surface area contributed by atoms with E-state index >= 15 is 0 Å². The van der Waals surface area contributed by atoms with Crippen molar-refractivity contribution in [3.8, 4) is 0 Å². The van der Waals surface area contributed by atoms with Gasteiger partial charge in [-0.1, -0.05) is 11.6 Å². The first kappa shape index (κ1) is 14.0. The molecular weight excluding hydrogens is 268 g/mol. The predicted octanol–water partition coefficient (Wildman–Crippen LogP) is 2.66. The highest BCUT2D eigenvalue weighted by molar-refractivity contribution is 6.30. The van der Waals surface area contributed by atoms with Gasteiger partial charge in [-0.3, -0.25) is 15.0 Å². The summed E-state index contributed by atoms with van der Waals surface area (Å²) in [6.07, 6.45) is 2.63. The van der Waals surface area contributed by atoms with Crippen molar-refractivity contribution in [2.45, 2.75) is 19.4 Å². The number of carbonyl (C=O) groups excluding carboxylic acids is 1. The number of aldehydes is 1. The van der Waals surface area contributed by atoms with Crippen LogP contribution < -0.4 is 0 Å². The second kappa shape index (κ2) is 6.12. The van der Waals surface area contributed by atoms with Crippen molar-refractivity contribution in [1.82, 2.24) is 4.90 Å². The highest BCUT2D eigenvalue weighted by Gasteiger charge is 2.21. The smallest absolute Gasteiger partial charge is 0.273 e. The van der Waals surface area contributed by atoms with E-state index in [1.54, 1.807) is 6.07 Å². The molecule has 0 saturated carbocycles. The van der Waals surface area contributed by atoms with Crippen molar-refractivity contribution < 1.29 is 9.72 Å². The average Bonchev–Trinajstić information content (AvgIpc) is 2.39. The molecule has 1 aliphatic heterocycles. The van der Waals surface area contributed by atoms with Crippen LogP contribution in [0.15, 0.2) is 18.2 Å². The van der Waals surface area contributed by atoms with E-state index < -0.39 is 0 Å². The molecule has 1 heterocycles. The Morgan fingerprint density at radius 1 is 1.42 bits per heavy atom. The number of piperidine rings is 1. The van der Waals surface area contributed by atoms with Gasteiger partial charge >= 0.3 is 0 Å². The molecule has 0 amide bonds. The maximum Gasteiger partial charge on any atom is 0.273 e. The molecule has 0 aromatic heterocycles. The van der Waals surface area contributed by atoms with E-state index in [2.05, 4.69) is 4.90 Å². The van der Waals surface area contributed by atoms with Crippen LogP contribution in [-0.4, -0.2) is 29.2 Å². The first-order chi connectivity index (χ1) is 9.10. The highest BCUT2D eigenvalue weighted by atomic mass is 35.5. The Morgan fingerprint density at radius 2 is 2.11 bits per heavy atom. The van der Waals surface area contributed by atoms with Gasteiger partial charge < -0.3 is 4.79 Å². The molecule has 102 valence electrons. The zero-order chi connectivity index (χ0) is 13.8. The lowest BCUT2D eigenvalue weighted by Gasteiger charge is -2.29. The third-order valence-electron chi connectivity index (χ3n) is 3.46. The normalized spacial score (nSPS) is 17.3. The van der Waals surface area contributed by atoms with Crippen LogP contribution in [0.4, 0.5) is 5.69 Å². The number of rotatable bonds is 4. The van der Waals surface area contributed by atoms with Crippen molar-refractivity contribution in [2.24, 2.45) is 5.92 Å². The van der Waals surface area contributed by atoms with E-state index in [0.717, 1.165) is 32.2 Å². The minimum atomic E-state index is -0.385. The van der Waals surface area contributed by atoms with Gasteiger partial charge in [0.25, 0.3) is 5.69 Å². The van der Waals surface area contributed by atoms with Crippen LogP contribution in [0.1, 0.15) is 18.4 Å². The molecule has 1 aromatic rings. The Morgan fingerprint density at radius 3 is 2.68 bits per heavy atom. The predicted molar refractivity (Wildman–Crippen MR) is 72.2 cm³/mol. The summed E-state index contributed by atoms with van der Waals surface area (Å²) in [5, 5.41) is 11.5. The molecule has 0 N–H and O–H groups in total. The van der Waals surface area contributed by atoms with Crippen LogP contribution in [0.25, 0.3) is 0 Å². The van der Waals surface area contributed by atoms with E-state index in [0.29, 0.717) is 17.1 Å². The number of nitro benzene ring substituents is 1. The maximum atomic E-state index is 11.0. The van der Waals surface area contributed by atoms with Gasteiger partial charge in [0, 0.05) is 29.1 Å². The second-order valence-corrected chi connectivity index (χ2v) is 5.22. The number of halogens is 1. The molecule has 19 heavy (non-hydrogen) atoms. The molecule has 1 aliphatic rings. The van der Waals surface area contributed by atoms with Gasteiger partial charge in [0.1, 0.15) is 6.29 Å². The number of benzene rings is 1. The summed E-state index contributed by atoms with van der Waals surface area (Å²) < 4.78 is 0. The summed E-state index contributed by atoms with van der Waals surface area (Å²) in [4.78, 5) is 23.4. The van der Waals surface area contributed by atoms with E-state index in [-0.39, 0.29) is 16.5 Å². The molecule has 0 radical (unpaired) electrons. The van der Waals surface area contributed by atoms with Gasteiger partial charge in [0.05, 0.1) is 4.92 Å². The SMILES string of the molecule is O=CC1CCN(Cc2cc(Cl)ccc2[N+](=O)[O-])CC1. The van der Waals surface area contributed by atoms with Gasteiger partial charge in [0.2, 0.25) is 0 Å². The molecule has 0 aliphatic carbocycles. The van der Waals surface area contributed by atoms with Crippen LogP contribution in [0, 0.1) is 16.0 Å². The van der Waals surface area contributed by atoms with Gasteiger partial charge in [-0.2, -0.15) is 0 Å². The number of hydrogen-bond donors (Lipinski definition) is 0. The Kier molecular flexibility index (Phi) is 4.50. The average molecular weight is 283 g/mol. The molecule has 0 atom stereocenters. The van der Waals surface area contributed by atoms with Gasteiger partial charge in [-0.15, -0.1) is 0 Å². The summed E-state index contributed by atoms with van der Waals surface area (Å²) in [7, 11) is 0. The molecule has 1 fully saturated rings. The zero-order valence-corrected chi connectivity index (χ0v) is 11.2. The van der Waals surface area contributed by atoms with Crippen LogP contribution in [0.3, 0.4) is 0 Å². The Bertz CT molecular complexity index is 485. The van der Waals surface area contributed by atoms with Gasteiger partial charge in [-0.05, 0) is 38.1 Å². The maximum absolute atomic E-state index is 11.0. The lowest BCUT2D eigenvalue weighted by molar-refractivity contribution is -0.385. The third kappa shape index (κ3) is 3.52. The van der Waals surface area contributed by atoms with Crippen molar-refractivity contribution >= 4 is 23.6 Å². The van der Waals surface area contributed by atoms with Crippen molar-refractivity contribution in [3.63, 3.8) is 0 Å². The lowest BCUT2D eigenvalue weighted by atomic mass is 9.98. The second-order valence-electron chi connectivity index (χ2n) is 4.78. The number of likely N-dealkylation sites (tertiary alicyclic amines) is 1. The molecule has 2 rings (SSSR count). The minimum Gasteiger partial charge on any atom is -0.303 e. The molecular formula is C13H15ClN2O3. The molecule has 1 aromatic carbocycles. The molecule has 0 spiro atoms. The van der Waals surface area contributed by atoms with E-state index in [1.807, 2.05) is 0 Å². The van der Waals surface area contributed by atoms with Crippen molar-refractivity contribution in [1.29, 1.82) is 0 Å². The first-order valence-electron chi connectivity index (χ1n) is 6.20. The van der Waals surface area contributed by atoms with Gasteiger partial charge in [0.15, 0.2) is 0 Å². The topological polar surface area (TPSA) is 63.5 Å². The van der Waals surface area contributed by atoms with Gasteiger partial charge in [-0.25, -0.2) is 0 Å². The Hall–Kier alpha value is -1.46.